The summed E-state index contributed by atoms with van der Waals surface area (Å²) in [7, 11) is 2.95. The van der Waals surface area contributed by atoms with Crippen LogP contribution in [0.25, 0.3) is 0 Å². The molecule has 0 saturated heterocycles. The summed E-state index contributed by atoms with van der Waals surface area (Å²) >= 11 is 1.69. The van der Waals surface area contributed by atoms with Crippen molar-refractivity contribution in [3.05, 3.63) is 89.0 Å². The Labute approximate surface area is 180 Å². The Morgan fingerprint density at radius 1 is 0.900 bits per heavy atom. The van der Waals surface area contributed by atoms with Crippen molar-refractivity contribution in [2.24, 2.45) is 0 Å². The molecule has 0 unspecified atom stereocenters. The van der Waals surface area contributed by atoms with E-state index in [1.54, 1.807) is 55.3 Å². The van der Waals surface area contributed by atoms with Gasteiger partial charge in [-0.3, -0.25) is 4.79 Å². The summed E-state index contributed by atoms with van der Waals surface area (Å²) < 4.78 is 10.1. The van der Waals surface area contributed by atoms with Crippen LogP contribution in [0.15, 0.2) is 71.6 Å². The van der Waals surface area contributed by atoms with Gasteiger partial charge in [0.05, 0.1) is 19.8 Å². The van der Waals surface area contributed by atoms with E-state index >= 15 is 0 Å². The van der Waals surface area contributed by atoms with Gasteiger partial charge in [0.25, 0.3) is 5.91 Å². The second-order valence-corrected chi connectivity index (χ2v) is 7.70. The van der Waals surface area contributed by atoms with Gasteiger partial charge in [0, 0.05) is 27.5 Å². The number of aryl methyl sites for hydroxylation is 1. The predicted octanol–water partition coefficient (Wildman–Crippen LogP) is 5.33. The quantitative estimate of drug-likeness (QED) is 0.412. The molecular weight excluding hydrogens is 398 g/mol. The second kappa shape index (κ2) is 9.98. The first-order valence-corrected chi connectivity index (χ1v) is 10.3. The average molecular weight is 422 g/mol. The van der Waals surface area contributed by atoms with E-state index in [1.807, 2.05) is 6.07 Å². The number of ether oxygens (including phenoxy) is 2. The van der Waals surface area contributed by atoms with Crippen LogP contribution >= 0.6 is 11.8 Å². The Morgan fingerprint density at radius 2 is 1.57 bits per heavy atom. The van der Waals surface area contributed by atoms with Gasteiger partial charge in [-0.2, -0.15) is 0 Å². The molecule has 0 heterocycles. The number of hydrogen-bond donors (Lipinski definition) is 1. The molecule has 1 amide bonds. The van der Waals surface area contributed by atoms with Gasteiger partial charge >= 0.3 is 5.97 Å². The first kappa shape index (κ1) is 21.5. The Kier molecular flexibility index (Phi) is 7.14. The van der Waals surface area contributed by atoms with Crippen LogP contribution in [0.4, 0.5) is 5.69 Å². The van der Waals surface area contributed by atoms with Gasteiger partial charge in [0.1, 0.15) is 5.75 Å². The van der Waals surface area contributed by atoms with E-state index in [2.05, 4.69) is 41.2 Å². The first-order chi connectivity index (χ1) is 14.5. The lowest BCUT2D eigenvalue weighted by molar-refractivity contribution is 0.0600. The summed E-state index contributed by atoms with van der Waals surface area (Å²) in [6, 6.07) is 20.3. The molecule has 1 N–H and O–H groups in total. The smallest absolute Gasteiger partial charge is 0.337 e. The highest BCUT2D eigenvalue weighted by molar-refractivity contribution is 7.98. The number of nitrogens with one attached hydrogen (secondary N) is 1. The van der Waals surface area contributed by atoms with Gasteiger partial charge in [0.2, 0.25) is 0 Å². The zero-order valence-corrected chi connectivity index (χ0v) is 17.9. The minimum atomic E-state index is -0.418. The molecule has 0 aliphatic heterocycles. The number of hydrogen-bond acceptors (Lipinski definition) is 5. The van der Waals surface area contributed by atoms with Crippen molar-refractivity contribution in [1.29, 1.82) is 0 Å². The van der Waals surface area contributed by atoms with Gasteiger partial charge in [-0.15, -0.1) is 11.8 Å². The molecule has 0 aliphatic rings. The summed E-state index contributed by atoms with van der Waals surface area (Å²) in [6.45, 7) is 2.06. The third-order valence-corrected chi connectivity index (χ3v) is 5.58. The van der Waals surface area contributed by atoms with E-state index in [-0.39, 0.29) is 5.91 Å². The third kappa shape index (κ3) is 5.42. The highest BCUT2D eigenvalue weighted by Crippen LogP contribution is 2.29. The predicted molar refractivity (Wildman–Crippen MR) is 119 cm³/mol. The van der Waals surface area contributed by atoms with Gasteiger partial charge in [-0.1, -0.05) is 17.7 Å². The van der Waals surface area contributed by atoms with Crippen LogP contribution in [0.5, 0.6) is 5.75 Å². The molecule has 0 aliphatic carbocycles. The molecule has 0 atom stereocenters. The van der Waals surface area contributed by atoms with E-state index in [0.717, 1.165) is 16.2 Å². The first-order valence-electron chi connectivity index (χ1n) is 9.36. The standard InChI is InChI=1S/C24H23NO4S/c1-16-4-11-21(12-5-16)30-15-19-14-18(8-13-22(19)28-2)23(26)25-20-9-6-17(7-10-20)24(27)29-3/h4-14H,15H2,1-3H3,(H,25,26). The summed E-state index contributed by atoms with van der Waals surface area (Å²) in [4.78, 5) is 25.4. The minimum absolute atomic E-state index is 0.231. The molecule has 0 bridgehead atoms. The average Bonchev–Trinajstić information content (AvgIpc) is 2.78. The van der Waals surface area contributed by atoms with Crippen LogP contribution in [0.3, 0.4) is 0 Å². The zero-order chi connectivity index (χ0) is 21.5. The number of amides is 1. The van der Waals surface area contributed by atoms with Crippen LogP contribution in [-0.2, 0) is 10.5 Å². The number of benzene rings is 3. The summed E-state index contributed by atoms with van der Waals surface area (Å²) in [5.41, 5.74) is 3.72. The lowest BCUT2D eigenvalue weighted by Crippen LogP contribution is -2.12. The molecule has 30 heavy (non-hydrogen) atoms. The maximum Gasteiger partial charge on any atom is 0.337 e. The molecule has 0 fully saturated rings. The highest BCUT2D eigenvalue weighted by atomic mass is 32.2. The van der Waals surface area contributed by atoms with E-state index < -0.39 is 5.97 Å². The van der Waals surface area contributed by atoms with Crippen molar-refractivity contribution in [3.8, 4) is 5.75 Å². The number of anilines is 1. The maximum absolute atomic E-state index is 12.7. The second-order valence-electron chi connectivity index (χ2n) is 6.65. The topological polar surface area (TPSA) is 64.6 Å². The Balaban J connectivity index is 1.72. The van der Waals surface area contributed by atoms with Gasteiger partial charge in [-0.25, -0.2) is 4.79 Å². The Bertz CT molecular complexity index is 1030. The van der Waals surface area contributed by atoms with Crippen molar-refractivity contribution >= 4 is 29.3 Å². The molecule has 3 aromatic rings. The third-order valence-electron chi connectivity index (χ3n) is 4.52. The molecule has 0 aromatic heterocycles. The zero-order valence-electron chi connectivity index (χ0n) is 17.1. The number of carbonyl (C=O) groups is 2. The van der Waals surface area contributed by atoms with Gasteiger partial charge in [0.15, 0.2) is 0 Å². The molecule has 0 saturated carbocycles. The SMILES string of the molecule is COC(=O)c1ccc(NC(=O)c2ccc(OC)c(CSc3ccc(C)cc3)c2)cc1. The van der Waals surface area contributed by atoms with Crippen molar-refractivity contribution in [3.63, 3.8) is 0 Å². The highest BCUT2D eigenvalue weighted by Gasteiger charge is 2.12. The molecule has 6 heteroatoms. The Morgan fingerprint density at radius 3 is 2.20 bits per heavy atom. The molecular formula is C24H23NO4S. The normalized spacial score (nSPS) is 10.4. The molecule has 0 spiro atoms. The summed E-state index contributed by atoms with van der Waals surface area (Å²) in [6.07, 6.45) is 0. The number of esters is 1. The minimum Gasteiger partial charge on any atom is -0.496 e. The van der Waals surface area contributed by atoms with Crippen LogP contribution < -0.4 is 10.1 Å². The van der Waals surface area contributed by atoms with Crippen molar-refractivity contribution in [2.75, 3.05) is 19.5 Å². The van der Waals surface area contributed by atoms with Crippen LogP contribution in [0.1, 0.15) is 31.8 Å². The van der Waals surface area contributed by atoms with E-state index in [1.165, 1.54) is 12.7 Å². The van der Waals surface area contributed by atoms with Crippen LogP contribution in [0, 0.1) is 6.92 Å². The van der Waals surface area contributed by atoms with Crippen molar-refractivity contribution in [1.82, 2.24) is 0 Å². The van der Waals surface area contributed by atoms with E-state index in [9.17, 15) is 9.59 Å². The number of thioether (sulfide) groups is 1. The van der Waals surface area contributed by atoms with Crippen molar-refractivity contribution < 1.29 is 19.1 Å². The van der Waals surface area contributed by atoms with Gasteiger partial charge in [-0.05, 0) is 61.5 Å². The van der Waals surface area contributed by atoms with Crippen LogP contribution in [0.2, 0.25) is 0 Å². The lowest BCUT2D eigenvalue weighted by Gasteiger charge is -2.11. The molecule has 154 valence electrons. The summed E-state index contributed by atoms with van der Waals surface area (Å²) in [5.74, 6) is 0.777. The monoisotopic (exact) mass is 421 g/mol. The molecule has 3 aromatic carbocycles. The fourth-order valence-corrected chi connectivity index (χ4v) is 3.72. The molecule has 0 radical (unpaired) electrons. The van der Waals surface area contributed by atoms with E-state index in [0.29, 0.717) is 22.6 Å². The summed E-state index contributed by atoms with van der Waals surface area (Å²) in [5, 5.41) is 2.85. The number of methoxy groups -OCH3 is 2. The lowest BCUT2D eigenvalue weighted by atomic mass is 10.1. The van der Waals surface area contributed by atoms with Crippen molar-refractivity contribution in [2.45, 2.75) is 17.6 Å². The Hall–Kier alpha value is -3.25. The fourth-order valence-electron chi connectivity index (χ4n) is 2.84. The number of rotatable bonds is 7. The molecule has 3 rings (SSSR count). The fraction of sp³-hybridized carbons (Fsp3) is 0.167. The van der Waals surface area contributed by atoms with E-state index in [4.69, 9.17) is 4.74 Å². The van der Waals surface area contributed by atoms with Crippen LogP contribution in [-0.4, -0.2) is 26.1 Å². The molecule has 5 nitrogen and oxygen atoms in total. The number of carbonyl (C=O) groups excluding carboxylic acids is 2. The largest absolute Gasteiger partial charge is 0.496 e. The maximum atomic E-state index is 12.7. The van der Waals surface area contributed by atoms with Gasteiger partial charge < -0.3 is 14.8 Å².